The standard InChI is InChI=1S/C44H28S2/c1-2-11-28(12-3-1)39-26-45-40-25-42-37(24-38(39)40)31-22-21-29(23-41(31)46-42)43-33-16-6-8-18-35(33)44(36-19-9-7-17-34(36)43)32-20-10-14-27-13-4-5-15-30(27)32/h1-23,25-26,38H,24H2. The van der Waals surface area contributed by atoms with Gasteiger partial charge in [0.15, 0.2) is 0 Å². The zero-order valence-corrected chi connectivity index (χ0v) is 26.7. The molecule has 2 aliphatic rings. The summed E-state index contributed by atoms with van der Waals surface area (Å²) in [6, 6.07) is 51.6. The fraction of sp³-hybridized carbons (Fsp3) is 0.0455. The lowest BCUT2D eigenvalue weighted by atomic mass is 9.83. The van der Waals surface area contributed by atoms with Crippen LogP contribution in [0.4, 0.5) is 0 Å². The van der Waals surface area contributed by atoms with Crippen molar-refractivity contribution in [1.82, 2.24) is 0 Å². The van der Waals surface area contributed by atoms with Crippen LogP contribution >= 0.6 is 23.1 Å². The van der Waals surface area contributed by atoms with Gasteiger partial charge in [0.2, 0.25) is 0 Å². The number of allylic oxidation sites excluding steroid dienone is 2. The summed E-state index contributed by atoms with van der Waals surface area (Å²) in [5.74, 6) is 0.451. The van der Waals surface area contributed by atoms with E-state index in [2.05, 4.69) is 151 Å². The Labute approximate surface area is 276 Å². The molecule has 1 aromatic heterocycles. The second kappa shape index (κ2) is 10.3. The Bertz CT molecular complexity index is 2520. The summed E-state index contributed by atoms with van der Waals surface area (Å²) >= 11 is 3.87. The molecule has 7 aromatic carbocycles. The van der Waals surface area contributed by atoms with Gasteiger partial charge in [0.1, 0.15) is 0 Å². The van der Waals surface area contributed by atoms with Crippen LogP contribution in [-0.4, -0.2) is 0 Å². The van der Waals surface area contributed by atoms with Crippen molar-refractivity contribution in [2.75, 3.05) is 0 Å². The average Bonchev–Trinajstić information content (AvgIpc) is 3.70. The van der Waals surface area contributed by atoms with Gasteiger partial charge < -0.3 is 0 Å². The Hall–Kier alpha value is -4.89. The molecule has 0 bridgehead atoms. The van der Waals surface area contributed by atoms with E-state index in [-0.39, 0.29) is 0 Å². The summed E-state index contributed by atoms with van der Waals surface area (Å²) in [4.78, 5) is 2.91. The molecule has 1 aliphatic heterocycles. The Balaban J connectivity index is 1.16. The van der Waals surface area contributed by atoms with E-state index in [9.17, 15) is 0 Å². The van der Waals surface area contributed by atoms with E-state index in [0.717, 1.165) is 6.42 Å². The molecule has 0 fully saturated rings. The van der Waals surface area contributed by atoms with E-state index >= 15 is 0 Å². The summed E-state index contributed by atoms with van der Waals surface area (Å²) in [6.07, 6.45) is 3.54. The molecule has 216 valence electrons. The SMILES string of the molecule is C1=C2SC=C(c3ccccc3)C2Cc2c1sc1cc(-c3c4ccccc4c(-c4cccc5ccccc45)c4ccccc34)ccc21. The fourth-order valence-electron chi connectivity index (χ4n) is 7.85. The molecule has 0 saturated heterocycles. The molecule has 2 heteroatoms. The highest BCUT2D eigenvalue weighted by Crippen LogP contribution is 2.53. The highest BCUT2D eigenvalue weighted by molar-refractivity contribution is 8.06. The molecule has 0 amide bonds. The van der Waals surface area contributed by atoms with Crippen LogP contribution in [0.3, 0.4) is 0 Å². The monoisotopic (exact) mass is 620 g/mol. The smallest absolute Gasteiger partial charge is 0.0358 e. The maximum absolute atomic E-state index is 2.47. The zero-order valence-electron chi connectivity index (χ0n) is 25.0. The first-order valence-corrected chi connectivity index (χ1v) is 17.6. The third kappa shape index (κ3) is 3.94. The molecule has 46 heavy (non-hydrogen) atoms. The van der Waals surface area contributed by atoms with Gasteiger partial charge in [-0.3, -0.25) is 0 Å². The summed E-state index contributed by atoms with van der Waals surface area (Å²) in [5, 5.41) is 11.5. The first kappa shape index (κ1) is 26.3. The van der Waals surface area contributed by atoms with Crippen LogP contribution in [0.25, 0.3) is 76.3 Å². The van der Waals surface area contributed by atoms with Crippen molar-refractivity contribution in [3.05, 3.63) is 166 Å². The Morgan fingerprint density at radius 1 is 0.522 bits per heavy atom. The minimum absolute atomic E-state index is 0.451. The lowest BCUT2D eigenvalue weighted by Gasteiger charge is -2.21. The molecule has 1 atom stereocenters. The third-order valence-corrected chi connectivity index (χ3v) is 12.1. The van der Waals surface area contributed by atoms with E-state index in [0.29, 0.717) is 5.92 Å². The van der Waals surface area contributed by atoms with Gasteiger partial charge in [-0.1, -0.05) is 133 Å². The van der Waals surface area contributed by atoms with Crippen LogP contribution in [0, 0.1) is 5.92 Å². The normalized spacial score (nSPS) is 15.7. The number of rotatable bonds is 3. The van der Waals surface area contributed by atoms with Crippen molar-refractivity contribution < 1.29 is 0 Å². The summed E-state index contributed by atoms with van der Waals surface area (Å²) in [6.45, 7) is 0. The number of thiophene rings is 1. The van der Waals surface area contributed by atoms with Crippen LogP contribution in [-0.2, 0) is 6.42 Å². The maximum atomic E-state index is 2.47. The predicted octanol–water partition coefficient (Wildman–Crippen LogP) is 13.0. The highest BCUT2D eigenvalue weighted by atomic mass is 32.2. The summed E-state index contributed by atoms with van der Waals surface area (Å²) < 4.78 is 1.38. The molecule has 1 unspecified atom stereocenters. The Morgan fingerprint density at radius 2 is 1.17 bits per heavy atom. The minimum Gasteiger partial charge on any atom is -0.135 e. The van der Waals surface area contributed by atoms with Crippen molar-refractivity contribution >= 4 is 77.2 Å². The van der Waals surface area contributed by atoms with Gasteiger partial charge in [0, 0.05) is 15.5 Å². The van der Waals surface area contributed by atoms with Gasteiger partial charge in [-0.25, -0.2) is 0 Å². The Morgan fingerprint density at radius 3 is 1.93 bits per heavy atom. The van der Waals surface area contributed by atoms with E-state index < -0.39 is 0 Å². The van der Waals surface area contributed by atoms with Gasteiger partial charge in [-0.15, -0.1) is 23.1 Å². The Kier molecular flexibility index (Phi) is 5.91. The van der Waals surface area contributed by atoms with Crippen molar-refractivity contribution in [2.24, 2.45) is 5.92 Å². The van der Waals surface area contributed by atoms with Crippen LogP contribution in [0.15, 0.2) is 150 Å². The van der Waals surface area contributed by atoms with Gasteiger partial charge in [-0.05, 0) is 106 Å². The number of thioether (sulfide) groups is 1. The quantitative estimate of drug-likeness (QED) is 0.177. The third-order valence-electron chi connectivity index (χ3n) is 9.93. The molecule has 1 aliphatic carbocycles. The second-order valence-electron chi connectivity index (χ2n) is 12.4. The van der Waals surface area contributed by atoms with Crippen molar-refractivity contribution in [1.29, 1.82) is 0 Å². The van der Waals surface area contributed by atoms with Crippen molar-refractivity contribution in [3.8, 4) is 22.3 Å². The number of hydrogen-bond donors (Lipinski definition) is 0. The van der Waals surface area contributed by atoms with E-state index in [4.69, 9.17) is 0 Å². The molecule has 0 N–H and O–H groups in total. The lowest BCUT2D eigenvalue weighted by Crippen LogP contribution is -2.09. The van der Waals surface area contributed by atoms with E-state index in [1.54, 1.807) is 0 Å². The van der Waals surface area contributed by atoms with Crippen LogP contribution in [0.2, 0.25) is 0 Å². The first-order chi connectivity index (χ1) is 22.8. The van der Waals surface area contributed by atoms with Crippen LogP contribution in [0.1, 0.15) is 16.0 Å². The van der Waals surface area contributed by atoms with E-state index in [1.807, 2.05) is 23.1 Å². The fourth-order valence-corrected chi connectivity index (χ4v) is 10.3. The lowest BCUT2D eigenvalue weighted by molar-refractivity contribution is 0.820. The molecular formula is C44H28S2. The first-order valence-electron chi connectivity index (χ1n) is 15.9. The zero-order chi connectivity index (χ0) is 30.2. The van der Waals surface area contributed by atoms with Gasteiger partial charge in [-0.2, -0.15) is 0 Å². The van der Waals surface area contributed by atoms with Gasteiger partial charge >= 0.3 is 0 Å². The maximum Gasteiger partial charge on any atom is 0.0358 e. The molecular weight excluding hydrogens is 593 g/mol. The van der Waals surface area contributed by atoms with Gasteiger partial charge in [0.05, 0.1) is 0 Å². The molecule has 0 radical (unpaired) electrons. The molecule has 2 heterocycles. The molecule has 8 aromatic rings. The molecule has 10 rings (SSSR count). The predicted molar refractivity (Wildman–Crippen MR) is 202 cm³/mol. The minimum atomic E-state index is 0.451. The van der Waals surface area contributed by atoms with Crippen molar-refractivity contribution in [3.63, 3.8) is 0 Å². The molecule has 0 spiro atoms. The number of hydrogen-bond acceptors (Lipinski definition) is 2. The largest absolute Gasteiger partial charge is 0.135 e. The molecule has 0 nitrogen and oxygen atoms in total. The number of benzene rings is 7. The highest BCUT2D eigenvalue weighted by Gasteiger charge is 2.32. The van der Waals surface area contributed by atoms with Gasteiger partial charge in [0.25, 0.3) is 0 Å². The van der Waals surface area contributed by atoms with Crippen LogP contribution < -0.4 is 0 Å². The van der Waals surface area contributed by atoms with E-state index in [1.165, 1.54) is 91.1 Å². The topological polar surface area (TPSA) is 0 Å². The summed E-state index contributed by atoms with van der Waals surface area (Å²) in [7, 11) is 0. The van der Waals surface area contributed by atoms with Crippen LogP contribution in [0.5, 0.6) is 0 Å². The number of fused-ring (bicyclic) bond motifs is 7. The molecule has 0 saturated carbocycles. The average molecular weight is 621 g/mol. The van der Waals surface area contributed by atoms with Crippen molar-refractivity contribution in [2.45, 2.75) is 6.42 Å². The second-order valence-corrected chi connectivity index (χ2v) is 14.4. The summed E-state index contributed by atoms with van der Waals surface area (Å²) in [5.41, 5.74) is 9.53.